The fourth-order valence-electron chi connectivity index (χ4n) is 2.51. The molecule has 1 aliphatic heterocycles. The smallest absolute Gasteiger partial charge is 0.409 e. The van der Waals surface area contributed by atoms with Gasteiger partial charge in [0.1, 0.15) is 0 Å². The Kier molecular flexibility index (Phi) is 3.69. The third-order valence-corrected chi connectivity index (χ3v) is 3.68. The van der Waals surface area contributed by atoms with Gasteiger partial charge in [0.15, 0.2) is 0 Å². The van der Waals surface area contributed by atoms with Gasteiger partial charge in [-0.05, 0) is 38.5 Å². The van der Waals surface area contributed by atoms with Gasteiger partial charge in [-0.3, -0.25) is 0 Å². The highest BCUT2D eigenvalue weighted by Gasteiger charge is 2.31. The molecule has 2 rings (SSSR count). The number of likely N-dealkylation sites (tertiary alicyclic amines) is 1. The topological polar surface area (TPSA) is 41.6 Å². The molecule has 92 valence electrons. The summed E-state index contributed by atoms with van der Waals surface area (Å²) in [7, 11) is 1.45. The number of rotatable bonds is 3. The summed E-state index contributed by atoms with van der Waals surface area (Å²) in [6.45, 7) is 3.89. The fraction of sp³-hybridized carbons (Fsp3) is 0.917. The molecule has 1 amide bonds. The van der Waals surface area contributed by atoms with Gasteiger partial charge in [0.25, 0.3) is 0 Å². The van der Waals surface area contributed by atoms with Crippen LogP contribution in [-0.4, -0.2) is 43.3 Å². The van der Waals surface area contributed by atoms with Crippen molar-refractivity contribution >= 4 is 6.09 Å². The monoisotopic (exact) mass is 226 g/mol. The number of hydrogen-bond donors (Lipinski definition) is 1. The molecule has 4 nitrogen and oxygen atoms in total. The predicted octanol–water partition coefficient (Wildman–Crippen LogP) is 1.61. The molecule has 1 N–H and O–H groups in total. The van der Waals surface area contributed by atoms with E-state index in [4.69, 9.17) is 4.74 Å². The number of carbonyl (C=O) groups excluding carboxylic acids is 1. The minimum atomic E-state index is -0.189. The highest BCUT2D eigenvalue weighted by atomic mass is 16.5. The molecule has 0 aromatic rings. The Hall–Kier alpha value is -0.770. The number of hydrogen-bond acceptors (Lipinski definition) is 3. The standard InChI is InChI=1S/C12H22N2O2/c1-9(10-5-6-10)13-11-4-3-7-14(8-11)12(15)16-2/h9-11,13H,3-8H2,1-2H3. The van der Waals surface area contributed by atoms with Crippen LogP contribution < -0.4 is 5.32 Å². The van der Waals surface area contributed by atoms with Crippen LogP contribution in [0.1, 0.15) is 32.6 Å². The summed E-state index contributed by atoms with van der Waals surface area (Å²) >= 11 is 0. The quantitative estimate of drug-likeness (QED) is 0.795. The summed E-state index contributed by atoms with van der Waals surface area (Å²) in [5, 5.41) is 3.64. The first-order valence-corrected chi connectivity index (χ1v) is 6.29. The van der Waals surface area contributed by atoms with Crippen LogP contribution in [0.25, 0.3) is 0 Å². The summed E-state index contributed by atoms with van der Waals surface area (Å²) in [6, 6.07) is 1.05. The van der Waals surface area contributed by atoms with Crippen molar-refractivity contribution < 1.29 is 9.53 Å². The molecule has 0 spiro atoms. The van der Waals surface area contributed by atoms with Gasteiger partial charge >= 0.3 is 6.09 Å². The van der Waals surface area contributed by atoms with E-state index in [2.05, 4.69) is 12.2 Å². The Labute approximate surface area is 97.3 Å². The average Bonchev–Trinajstić information content (AvgIpc) is 3.12. The highest BCUT2D eigenvalue weighted by molar-refractivity contribution is 5.67. The van der Waals surface area contributed by atoms with Crippen LogP contribution in [0.4, 0.5) is 4.79 Å². The zero-order chi connectivity index (χ0) is 11.5. The molecule has 1 aliphatic carbocycles. The minimum Gasteiger partial charge on any atom is -0.453 e. The first-order valence-electron chi connectivity index (χ1n) is 6.29. The Balaban J connectivity index is 1.79. The molecule has 0 bridgehead atoms. The molecule has 2 unspecified atom stereocenters. The molecule has 16 heavy (non-hydrogen) atoms. The zero-order valence-corrected chi connectivity index (χ0v) is 10.2. The van der Waals surface area contributed by atoms with Gasteiger partial charge in [-0.1, -0.05) is 0 Å². The lowest BCUT2D eigenvalue weighted by Crippen LogP contribution is -2.50. The van der Waals surface area contributed by atoms with E-state index in [-0.39, 0.29) is 6.09 Å². The summed E-state index contributed by atoms with van der Waals surface area (Å²) < 4.78 is 4.76. The normalized spacial score (nSPS) is 27.6. The van der Waals surface area contributed by atoms with Gasteiger partial charge in [-0.2, -0.15) is 0 Å². The van der Waals surface area contributed by atoms with E-state index < -0.39 is 0 Å². The second-order valence-electron chi connectivity index (χ2n) is 5.05. The maximum Gasteiger partial charge on any atom is 0.409 e. The van der Waals surface area contributed by atoms with E-state index in [1.165, 1.54) is 26.4 Å². The average molecular weight is 226 g/mol. The van der Waals surface area contributed by atoms with Crippen molar-refractivity contribution in [2.24, 2.45) is 5.92 Å². The van der Waals surface area contributed by atoms with Crippen molar-refractivity contribution in [3.63, 3.8) is 0 Å². The predicted molar refractivity (Wildman–Crippen MR) is 62.3 cm³/mol. The van der Waals surface area contributed by atoms with Crippen LogP contribution in [-0.2, 0) is 4.74 Å². The highest BCUT2D eigenvalue weighted by Crippen LogP contribution is 2.32. The Morgan fingerprint density at radius 2 is 2.19 bits per heavy atom. The maximum atomic E-state index is 11.4. The molecule has 0 aromatic heterocycles. The van der Waals surface area contributed by atoms with Crippen LogP contribution in [0, 0.1) is 5.92 Å². The Morgan fingerprint density at radius 1 is 1.44 bits per heavy atom. The van der Waals surface area contributed by atoms with Crippen LogP contribution in [0.2, 0.25) is 0 Å². The third-order valence-electron chi connectivity index (χ3n) is 3.68. The molecule has 2 fully saturated rings. The second-order valence-corrected chi connectivity index (χ2v) is 5.05. The molecular weight excluding hydrogens is 204 g/mol. The zero-order valence-electron chi connectivity index (χ0n) is 10.2. The number of piperidine rings is 1. The van der Waals surface area contributed by atoms with Crippen LogP contribution in [0.5, 0.6) is 0 Å². The van der Waals surface area contributed by atoms with Crippen molar-refractivity contribution in [1.82, 2.24) is 10.2 Å². The number of carbonyl (C=O) groups is 1. The van der Waals surface area contributed by atoms with Gasteiger partial charge in [0.2, 0.25) is 0 Å². The molecule has 1 heterocycles. The SMILES string of the molecule is COC(=O)N1CCCC(NC(C)C2CC2)C1. The summed E-state index contributed by atoms with van der Waals surface area (Å²) in [4.78, 5) is 13.2. The summed E-state index contributed by atoms with van der Waals surface area (Å²) in [5.74, 6) is 0.869. The molecular formula is C12H22N2O2. The van der Waals surface area contributed by atoms with E-state index in [0.717, 1.165) is 25.4 Å². The largest absolute Gasteiger partial charge is 0.453 e. The fourth-order valence-corrected chi connectivity index (χ4v) is 2.51. The lowest BCUT2D eigenvalue weighted by molar-refractivity contribution is 0.105. The van der Waals surface area contributed by atoms with Gasteiger partial charge in [0.05, 0.1) is 7.11 Å². The van der Waals surface area contributed by atoms with Crippen molar-refractivity contribution in [2.75, 3.05) is 20.2 Å². The van der Waals surface area contributed by atoms with E-state index in [1.807, 2.05) is 0 Å². The number of ether oxygens (including phenoxy) is 1. The van der Waals surface area contributed by atoms with E-state index >= 15 is 0 Å². The number of nitrogens with zero attached hydrogens (tertiary/aromatic N) is 1. The lowest BCUT2D eigenvalue weighted by atomic mass is 10.0. The van der Waals surface area contributed by atoms with E-state index in [9.17, 15) is 4.79 Å². The second kappa shape index (κ2) is 5.04. The van der Waals surface area contributed by atoms with Crippen molar-refractivity contribution in [3.05, 3.63) is 0 Å². The number of methoxy groups -OCH3 is 1. The van der Waals surface area contributed by atoms with Gasteiger partial charge in [-0.25, -0.2) is 4.79 Å². The van der Waals surface area contributed by atoms with Gasteiger partial charge in [0, 0.05) is 25.2 Å². The first kappa shape index (κ1) is 11.7. The van der Waals surface area contributed by atoms with Crippen LogP contribution >= 0.6 is 0 Å². The van der Waals surface area contributed by atoms with E-state index in [1.54, 1.807) is 4.90 Å². The third kappa shape index (κ3) is 2.88. The Bertz CT molecular complexity index is 253. The van der Waals surface area contributed by atoms with Crippen molar-refractivity contribution in [3.8, 4) is 0 Å². The summed E-state index contributed by atoms with van der Waals surface area (Å²) in [5.41, 5.74) is 0. The molecule has 1 saturated carbocycles. The van der Waals surface area contributed by atoms with Crippen LogP contribution in [0.15, 0.2) is 0 Å². The number of amides is 1. The molecule has 2 atom stereocenters. The van der Waals surface area contributed by atoms with Crippen molar-refractivity contribution in [2.45, 2.75) is 44.7 Å². The minimum absolute atomic E-state index is 0.189. The van der Waals surface area contributed by atoms with Crippen LogP contribution in [0.3, 0.4) is 0 Å². The lowest BCUT2D eigenvalue weighted by Gasteiger charge is -2.33. The number of nitrogens with one attached hydrogen (secondary N) is 1. The molecule has 0 radical (unpaired) electrons. The molecule has 1 saturated heterocycles. The molecule has 2 aliphatic rings. The Morgan fingerprint density at radius 3 is 2.81 bits per heavy atom. The maximum absolute atomic E-state index is 11.4. The molecule has 4 heteroatoms. The van der Waals surface area contributed by atoms with E-state index in [0.29, 0.717) is 12.1 Å². The first-order chi connectivity index (χ1) is 7.70. The van der Waals surface area contributed by atoms with Gasteiger partial charge < -0.3 is 15.0 Å². The molecule has 0 aromatic carbocycles. The summed E-state index contributed by atoms with van der Waals surface area (Å²) in [6.07, 6.45) is 4.78. The van der Waals surface area contributed by atoms with Crippen molar-refractivity contribution in [1.29, 1.82) is 0 Å². The van der Waals surface area contributed by atoms with Gasteiger partial charge in [-0.15, -0.1) is 0 Å².